The average Bonchev–Trinajstić information content (AvgIpc) is 3.15. The summed E-state index contributed by atoms with van der Waals surface area (Å²) in [6, 6.07) is 8.13. The van der Waals surface area contributed by atoms with Gasteiger partial charge in [-0.2, -0.15) is 0 Å². The molecule has 138 valence electrons. The first-order valence-corrected chi connectivity index (χ1v) is 9.93. The summed E-state index contributed by atoms with van der Waals surface area (Å²) < 4.78 is 2.04. The number of hydrogen-bond donors (Lipinski definition) is 1. The van der Waals surface area contributed by atoms with E-state index >= 15 is 0 Å². The Morgan fingerprint density at radius 1 is 1.07 bits per heavy atom. The van der Waals surface area contributed by atoms with Gasteiger partial charge in [-0.25, -0.2) is 15.0 Å². The molecule has 2 atom stereocenters. The molecule has 3 aliphatic rings. The molecule has 1 spiro atoms. The minimum Gasteiger partial charge on any atom is -0.390 e. The quantitative estimate of drug-likeness (QED) is 0.760. The zero-order valence-electron chi connectivity index (χ0n) is 15.3. The lowest BCUT2D eigenvalue weighted by molar-refractivity contribution is 0.145. The van der Waals surface area contributed by atoms with Crippen molar-refractivity contribution in [3.63, 3.8) is 0 Å². The van der Waals surface area contributed by atoms with E-state index in [2.05, 4.69) is 27.0 Å². The highest BCUT2D eigenvalue weighted by atomic mass is 16.3. The van der Waals surface area contributed by atoms with Crippen LogP contribution in [0.3, 0.4) is 0 Å². The molecule has 0 amide bonds. The van der Waals surface area contributed by atoms with E-state index < -0.39 is 6.10 Å². The summed E-state index contributed by atoms with van der Waals surface area (Å²) >= 11 is 0. The summed E-state index contributed by atoms with van der Waals surface area (Å²) in [5, 5.41) is 10.7. The number of imidazole rings is 1. The van der Waals surface area contributed by atoms with Crippen LogP contribution in [0.15, 0.2) is 36.9 Å². The van der Waals surface area contributed by atoms with Crippen LogP contribution in [0, 0.1) is 5.41 Å². The fourth-order valence-corrected chi connectivity index (χ4v) is 5.14. The van der Waals surface area contributed by atoms with Crippen LogP contribution in [0.2, 0.25) is 0 Å². The summed E-state index contributed by atoms with van der Waals surface area (Å²) in [6.07, 6.45) is 8.95. The maximum absolute atomic E-state index is 10.7. The van der Waals surface area contributed by atoms with Gasteiger partial charge in [-0.3, -0.25) is 0 Å². The van der Waals surface area contributed by atoms with Crippen molar-refractivity contribution in [2.24, 2.45) is 5.41 Å². The van der Waals surface area contributed by atoms with E-state index in [9.17, 15) is 5.11 Å². The Morgan fingerprint density at radius 2 is 1.96 bits per heavy atom. The molecule has 6 nitrogen and oxygen atoms in total. The molecule has 3 aromatic rings. The molecular weight excluding hydrogens is 338 g/mol. The Balaban J connectivity index is 1.44. The van der Waals surface area contributed by atoms with Crippen LogP contribution in [0.4, 0.5) is 5.82 Å². The Bertz CT molecular complexity index is 1020. The number of benzene rings is 1. The first kappa shape index (κ1) is 15.6. The van der Waals surface area contributed by atoms with Crippen molar-refractivity contribution in [1.29, 1.82) is 0 Å². The molecule has 6 rings (SSSR count). The second-order valence-electron chi connectivity index (χ2n) is 8.46. The first-order valence-electron chi connectivity index (χ1n) is 9.93. The van der Waals surface area contributed by atoms with Gasteiger partial charge in [0.15, 0.2) is 17.0 Å². The molecule has 1 saturated carbocycles. The largest absolute Gasteiger partial charge is 0.390 e. The maximum Gasteiger partial charge on any atom is 0.166 e. The number of aliphatic hydroxyl groups is 1. The SMILES string of the molecule is O[C@H]1Cc2ccccc2[C@@H]1n1cnc2c(N3CCCC4(CC4)C3)ncnc21. The molecule has 1 N–H and O–H groups in total. The highest BCUT2D eigenvalue weighted by Crippen LogP contribution is 2.52. The van der Waals surface area contributed by atoms with E-state index in [0.29, 0.717) is 11.8 Å². The molecule has 27 heavy (non-hydrogen) atoms. The van der Waals surface area contributed by atoms with Crippen LogP contribution >= 0.6 is 0 Å². The Hall–Kier alpha value is -2.47. The van der Waals surface area contributed by atoms with Gasteiger partial charge in [0.25, 0.3) is 0 Å². The summed E-state index contributed by atoms with van der Waals surface area (Å²) in [5.41, 5.74) is 4.57. The predicted molar refractivity (Wildman–Crippen MR) is 103 cm³/mol. The number of aliphatic hydroxyl groups excluding tert-OH is 1. The van der Waals surface area contributed by atoms with Crippen LogP contribution in [0.1, 0.15) is 42.9 Å². The Kier molecular flexibility index (Phi) is 3.18. The molecule has 0 unspecified atom stereocenters. The molecular formula is C21H23N5O. The molecule has 2 aliphatic carbocycles. The zero-order valence-corrected chi connectivity index (χ0v) is 15.3. The molecule has 6 heteroatoms. The van der Waals surface area contributed by atoms with Gasteiger partial charge in [0.2, 0.25) is 0 Å². The smallest absolute Gasteiger partial charge is 0.166 e. The summed E-state index contributed by atoms with van der Waals surface area (Å²) in [7, 11) is 0. The molecule has 3 heterocycles. The Morgan fingerprint density at radius 3 is 2.85 bits per heavy atom. The van der Waals surface area contributed by atoms with Gasteiger partial charge in [-0.1, -0.05) is 24.3 Å². The summed E-state index contributed by atoms with van der Waals surface area (Å²) in [6.45, 7) is 2.12. The number of nitrogens with zero attached hydrogens (tertiary/aromatic N) is 5. The van der Waals surface area contributed by atoms with Crippen molar-refractivity contribution in [2.75, 3.05) is 18.0 Å². The van der Waals surface area contributed by atoms with Gasteiger partial charge in [0.05, 0.1) is 18.5 Å². The minimum absolute atomic E-state index is 0.134. The second-order valence-corrected chi connectivity index (χ2v) is 8.46. The topological polar surface area (TPSA) is 67.1 Å². The van der Waals surface area contributed by atoms with E-state index in [1.807, 2.05) is 23.0 Å². The van der Waals surface area contributed by atoms with E-state index in [4.69, 9.17) is 4.98 Å². The van der Waals surface area contributed by atoms with Gasteiger partial charge in [-0.05, 0) is 42.2 Å². The van der Waals surface area contributed by atoms with E-state index in [1.54, 1.807) is 6.33 Å². The standard InChI is InChI=1S/C21H23N5O/c27-16-10-14-4-1-2-5-15(14)18(16)26-13-24-17-19(22-12-23-20(17)26)25-9-3-6-21(11-25)7-8-21/h1-2,4-5,12-13,16,18,27H,3,6-11H2/t16-,18-/m0/s1. The van der Waals surface area contributed by atoms with Crippen molar-refractivity contribution in [2.45, 2.75) is 44.2 Å². The minimum atomic E-state index is -0.456. The van der Waals surface area contributed by atoms with Crippen LogP contribution < -0.4 is 4.90 Å². The highest BCUT2D eigenvalue weighted by molar-refractivity contribution is 5.83. The number of hydrogen-bond acceptors (Lipinski definition) is 5. The predicted octanol–water partition coefficient (Wildman–Crippen LogP) is 2.71. The van der Waals surface area contributed by atoms with Crippen LogP contribution in [-0.4, -0.2) is 43.8 Å². The lowest BCUT2D eigenvalue weighted by atomic mass is 9.95. The monoisotopic (exact) mass is 361 g/mol. The van der Waals surface area contributed by atoms with Crippen LogP contribution in [0.5, 0.6) is 0 Å². The van der Waals surface area contributed by atoms with Gasteiger partial charge < -0.3 is 14.6 Å². The van der Waals surface area contributed by atoms with Crippen molar-refractivity contribution >= 4 is 17.0 Å². The number of rotatable bonds is 2. The molecule has 2 aromatic heterocycles. The number of anilines is 1. The van der Waals surface area contributed by atoms with Crippen molar-refractivity contribution in [3.8, 4) is 0 Å². The average molecular weight is 361 g/mol. The first-order chi connectivity index (χ1) is 13.2. The van der Waals surface area contributed by atoms with E-state index in [-0.39, 0.29) is 6.04 Å². The lowest BCUT2D eigenvalue weighted by Crippen LogP contribution is -2.37. The van der Waals surface area contributed by atoms with Crippen molar-refractivity contribution in [1.82, 2.24) is 19.5 Å². The van der Waals surface area contributed by atoms with Gasteiger partial charge in [0.1, 0.15) is 6.33 Å². The maximum atomic E-state index is 10.7. The Labute approximate surface area is 157 Å². The van der Waals surface area contributed by atoms with E-state index in [0.717, 1.165) is 30.1 Å². The van der Waals surface area contributed by atoms with Crippen molar-refractivity contribution in [3.05, 3.63) is 48.0 Å². The lowest BCUT2D eigenvalue weighted by Gasteiger charge is -2.33. The van der Waals surface area contributed by atoms with Crippen LogP contribution in [-0.2, 0) is 6.42 Å². The van der Waals surface area contributed by atoms with Gasteiger partial charge in [-0.15, -0.1) is 0 Å². The molecule has 1 aromatic carbocycles. The fraction of sp³-hybridized carbons (Fsp3) is 0.476. The summed E-state index contributed by atoms with van der Waals surface area (Å²) in [5.74, 6) is 0.950. The van der Waals surface area contributed by atoms with Crippen LogP contribution in [0.25, 0.3) is 11.2 Å². The van der Waals surface area contributed by atoms with Gasteiger partial charge >= 0.3 is 0 Å². The third-order valence-corrected chi connectivity index (χ3v) is 6.72. The van der Waals surface area contributed by atoms with Gasteiger partial charge in [0, 0.05) is 19.5 Å². The molecule has 1 saturated heterocycles. The molecule has 1 aliphatic heterocycles. The van der Waals surface area contributed by atoms with E-state index in [1.165, 1.54) is 36.8 Å². The number of piperidine rings is 1. The summed E-state index contributed by atoms with van der Waals surface area (Å²) in [4.78, 5) is 16.3. The molecule has 0 radical (unpaired) electrons. The zero-order chi connectivity index (χ0) is 18.0. The normalized spacial score (nSPS) is 25.9. The number of fused-ring (bicyclic) bond motifs is 2. The number of aromatic nitrogens is 4. The second kappa shape index (κ2) is 5.52. The molecule has 0 bridgehead atoms. The highest BCUT2D eigenvalue weighted by Gasteiger charge is 2.46. The third-order valence-electron chi connectivity index (χ3n) is 6.72. The molecule has 2 fully saturated rings. The fourth-order valence-electron chi connectivity index (χ4n) is 5.14. The third kappa shape index (κ3) is 2.32. The van der Waals surface area contributed by atoms with Crippen molar-refractivity contribution < 1.29 is 5.11 Å².